The van der Waals surface area contributed by atoms with Gasteiger partial charge in [0, 0.05) is 49.3 Å². The zero-order valence-electron chi connectivity index (χ0n) is 23.6. The summed E-state index contributed by atoms with van der Waals surface area (Å²) < 4.78 is 16.3. The Labute approximate surface area is 236 Å². The number of hydrogen-bond acceptors (Lipinski definition) is 8. The number of anilines is 2. The van der Waals surface area contributed by atoms with E-state index < -0.39 is 0 Å². The summed E-state index contributed by atoms with van der Waals surface area (Å²) in [6, 6.07) is 16.7. The van der Waals surface area contributed by atoms with Crippen LogP contribution in [-0.4, -0.2) is 63.0 Å². The van der Waals surface area contributed by atoms with Gasteiger partial charge in [0.05, 0.1) is 31.1 Å². The highest BCUT2D eigenvalue weighted by Crippen LogP contribution is 2.24. The number of carbonyl (C=O) groups excluding carboxylic acids is 1. The molecule has 0 radical (unpaired) electrons. The number of benzene rings is 2. The molecule has 0 atom stereocenters. The molecular formula is C31H37N5O4. The van der Waals surface area contributed by atoms with E-state index in [-0.39, 0.29) is 5.41 Å². The van der Waals surface area contributed by atoms with E-state index in [1.54, 1.807) is 18.2 Å². The van der Waals surface area contributed by atoms with Gasteiger partial charge in [0.1, 0.15) is 17.6 Å². The average Bonchev–Trinajstić information content (AvgIpc) is 3.47. The van der Waals surface area contributed by atoms with Crippen LogP contribution >= 0.6 is 0 Å². The largest absolute Gasteiger partial charge is 0.494 e. The zero-order chi connectivity index (χ0) is 28.8. The molecule has 4 rings (SSSR count). The maximum absolute atomic E-state index is 10.6. The summed E-state index contributed by atoms with van der Waals surface area (Å²) in [5, 5.41) is 18.4. The normalized spacial score (nSPS) is 13.1. The molecule has 1 fully saturated rings. The van der Waals surface area contributed by atoms with Gasteiger partial charge in [0.25, 0.3) is 0 Å². The molecule has 0 aliphatic carbocycles. The van der Waals surface area contributed by atoms with Crippen molar-refractivity contribution in [2.75, 3.05) is 57.1 Å². The van der Waals surface area contributed by atoms with Gasteiger partial charge in [-0.15, -0.1) is 0 Å². The van der Waals surface area contributed by atoms with Crippen LogP contribution < -0.4 is 15.4 Å². The van der Waals surface area contributed by atoms with Crippen molar-refractivity contribution in [3.05, 3.63) is 71.0 Å². The number of amides is 1. The average molecular weight is 544 g/mol. The number of nitriles is 1. The number of morpholine rings is 1. The summed E-state index contributed by atoms with van der Waals surface area (Å²) in [4.78, 5) is 12.9. The van der Waals surface area contributed by atoms with E-state index in [1.165, 1.54) is 0 Å². The lowest BCUT2D eigenvalue weighted by Crippen LogP contribution is -2.37. The third-order valence-electron chi connectivity index (χ3n) is 6.06. The van der Waals surface area contributed by atoms with Crippen LogP contribution in [0.3, 0.4) is 0 Å². The smallest absolute Gasteiger partial charge is 0.211 e. The quantitative estimate of drug-likeness (QED) is 0.240. The van der Waals surface area contributed by atoms with E-state index in [1.807, 2.05) is 37.4 Å². The van der Waals surface area contributed by atoms with E-state index in [2.05, 4.69) is 59.4 Å². The van der Waals surface area contributed by atoms with Crippen LogP contribution in [0.5, 0.6) is 5.75 Å². The summed E-state index contributed by atoms with van der Waals surface area (Å²) in [5.74, 6) is 8.64. The van der Waals surface area contributed by atoms with E-state index in [9.17, 15) is 10.1 Å². The first kappa shape index (κ1) is 30.2. The van der Waals surface area contributed by atoms with Gasteiger partial charge in [0.15, 0.2) is 5.82 Å². The molecule has 0 unspecified atom stereocenters. The first-order valence-corrected chi connectivity index (χ1v) is 13.3. The zero-order valence-corrected chi connectivity index (χ0v) is 23.6. The van der Waals surface area contributed by atoms with E-state index in [0.29, 0.717) is 29.8 Å². The first-order chi connectivity index (χ1) is 19.3. The van der Waals surface area contributed by atoms with E-state index in [0.717, 1.165) is 62.2 Å². The molecule has 1 aliphatic rings. The van der Waals surface area contributed by atoms with Crippen LogP contribution in [0.1, 0.15) is 49.6 Å². The minimum atomic E-state index is 0.0437. The molecule has 1 amide bonds. The van der Waals surface area contributed by atoms with Crippen LogP contribution in [-0.2, 0) is 14.9 Å². The maximum Gasteiger partial charge on any atom is 0.211 e. The second-order valence-electron chi connectivity index (χ2n) is 10.1. The van der Waals surface area contributed by atoms with Gasteiger partial charge in [-0.25, -0.2) is 0 Å². The molecule has 1 aromatic heterocycles. The second-order valence-corrected chi connectivity index (χ2v) is 10.1. The van der Waals surface area contributed by atoms with Crippen LogP contribution in [0.15, 0.2) is 53.1 Å². The Hall–Kier alpha value is -4.31. The number of nitrogens with zero attached hydrogens (tertiary/aromatic N) is 3. The number of aromatic nitrogens is 1. The van der Waals surface area contributed by atoms with Crippen molar-refractivity contribution >= 4 is 17.9 Å². The topological polar surface area (TPSA) is 113 Å². The summed E-state index contributed by atoms with van der Waals surface area (Å²) in [6.07, 6.45) is 1.53. The number of rotatable bonds is 8. The van der Waals surface area contributed by atoms with Crippen molar-refractivity contribution in [2.45, 2.75) is 32.6 Å². The lowest BCUT2D eigenvalue weighted by Gasteiger charge is -2.26. The summed E-state index contributed by atoms with van der Waals surface area (Å²) >= 11 is 0. The Morgan fingerprint density at radius 3 is 2.38 bits per heavy atom. The van der Waals surface area contributed by atoms with E-state index in [4.69, 9.17) is 14.0 Å². The van der Waals surface area contributed by atoms with Gasteiger partial charge in [-0.2, -0.15) is 5.26 Å². The Balaban J connectivity index is 0.000000336. The van der Waals surface area contributed by atoms with E-state index >= 15 is 0 Å². The Bertz CT molecular complexity index is 1320. The fourth-order valence-corrected chi connectivity index (χ4v) is 3.73. The number of ether oxygens (including phenoxy) is 2. The predicted molar refractivity (Wildman–Crippen MR) is 155 cm³/mol. The van der Waals surface area contributed by atoms with Crippen molar-refractivity contribution in [1.29, 1.82) is 5.26 Å². The molecule has 1 aliphatic heterocycles. The third-order valence-corrected chi connectivity index (χ3v) is 6.06. The minimum Gasteiger partial charge on any atom is -0.494 e. The molecule has 0 saturated carbocycles. The SMILES string of the molecule is CNc1cc(C(C)(C)C)on1.N#Cc1cc(C#Cc2ccc(OCCCN3CCOCC3)cc2)ccc1NC=O. The Kier molecular flexibility index (Phi) is 11.6. The van der Waals surface area contributed by atoms with Gasteiger partial charge in [-0.3, -0.25) is 9.69 Å². The highest BCUT2D eigenvalue weighted by molar-refractivity contribution is 5.76. The lowest BCUT2D eigenvalue weighted by molar-refractivity contribution is -0.105. The first-order valence-electron chi connectivity index (χ1n) is 13.3. The summed E-state index contributed by atoms with van der Waals surface area (Å²) in [5.41, 5.74) is 2.47. The molecule has 210 valence electrons. The van der Waals surface area contributed by atoms with Crippen molar-refractivity contribution in [2.24, 2.45) is 0 Å². The Morgan fingerprint density at radius 2 is 1.77 bits per heavy atom. The fraction of sp³-hybridized carbons (Fsp3) is 0.387. The number of hydrogen-bond donors (Lipinski definition) is 2. The number of carbonyl (C=O) groups is 1. The third kappa shape index (κ3) is 9.77. The molecule has 0 spiro atoms. The molecular weight excluding hydrogens is 506 g/mol. The van der Waals surface area contributed by atoms with Gasteiger partial charge in [0.2, 0.25) is 6.41 Å². The van der Waals surface area contributed by atoms with Gasteiger partial charge < -0.3 is 24.6 Å². The highest BCUT2D eigenvalue weighted by Gasteiger charge is 2.19. The van der Waals surface area contributed by atoms with Crippen molar-refractivity contribution < 1.29 is 18.8 Å². The second kappa shape index (κ2) is 15.3. The Morgan fingerprint density at radius 1 is 1.07 bits per heavy atom. The molecule has 0 bridgehead atoms. The lowest BCUT2D eigenvalue weighted by atomic mass is 9.93. The molecule has 1 saturated heterocycles. The molecule has 40 heavy (non-hydrogen) atoms. The van der Waals surface area contributed by atoms with Crippen LogP contribution in [0.25, 0.3) is 0 Å². The van der Waals surface area contributed by atoms with Gasteiger partial charge >= 0.3 is 0 Å². The highest BCUT2D eigenvalue weighted by atomic mass is 16.5. The molecule has 2 heterocycles. The molecule has 9 heteroatoms. The van der Waals surface area contributed by atoms with Crippen LogP contribution in [0, 0.1) is 23.2 Å². The standard InChI is InChI=1S/C23H23N3O3.C8H14N2O/c24-17-21-16-20(6-9-23(21)25-18-27)3-2-19-4-7-22(8-5-19)29-13-1-10-26-11-14-28-15-12-26;1-8(2,3)6-5-7(9-4)10-11-6/h4-9,16,18H,1,10-15H2,(H,25,27);5H,1-4H3,(H,9,10). The molecule has 3 aromatic rings. The molecule has 2 aromatic carbocycles. The minimum absolute atomic E-state index is 0.0437. The maximum atomic E-state index is 10.6. The van der Waals surface area contributed by atoms with Crippen molar-refractivity contribution in [3.8, 4) is 23.7 Å². The van der Waals surface area contributed by atoms with Crippen LogP contribution in [0.4, 0.5) is 11.5 Å². The molecule has 2 N–H and O–H groups in total. The summed E-state index contributed by atoms with van der Waals surface area (Å²) in [7, 11) is 1.82. The molecule has 9 nitrogen and oxygen atoms in total. The van der Waals surface area contributed by atoms with Gasteiger partial charge in [-0.05, 0) is 48.9 Å². The monoisotopic (exact) mass is 543 g/mol. The van der Waals surface area contributed by atoms with Crippen molar-refractivity contribution in [1.82, 2.24) is 10.1 Å². The van der Waals surface area contributed by atoms with Gasteiger partial charge in [-0.1, -0.05) is 37.8 Å². The predicted octanol–water partition coefficient (Wildman–Crippen LogP) is 4.64. The van der Waals surface area contributed by atoms with Crippen molar-refractivity contribution in [3.63, 3.8) is 0 Å². The fourth-order valence-electron chi connectivity index (χ4n) is 3.73. The van der Waals surface area contributed by atoms with Crippen LogP contribution in [0.2, 0.25) is 0 Å². The number of nitrogens with one attached hydrogen (secondary N) is 2. The summed E-state index contributed by atoms with van der Waals surface area (Å²) in [6.45, 7) is 11.6.